The lowest BCUT2D eigenvalue weighted by molar-refractivity contribution is 0.363. The van der Waals surface area contributed by atoms with Crippen LogP contribution in [-0.4, -0.2) is 13.1 Å². The topological polar surface area (TPSA) is 35.8 Å². The number of nitrogens with one attached hydrogen (secondary N) is 1. The Morgan fingerprint density at radius 1 is 1.21 bits per heavy atom. The summed E-state index contributed by atoms with van der Waals surface area (Å²) in [7, 11) is 0. The first-order valence-corrected chi connectivity index (χ1v) is 5.78. The molecule has 0 unspecified atom stereocenters. The number of rotatable bonds is 1. The quantitative estimate of drug-likeness (QED) is 0.807. The average Bonchev–Trinajstić information content (AvgIpc) is 2.41. The van der Waals surface area contributed by atoms with E-state index in [2.05, 4.69) is 11.4 Å². The molecule has 19 heavy (non-hydrogen) atoms. The third kappa shape index (κ3) is 2.56. The Bertz CT molecular complexity index is 520. The molecule has 0 aliphatic carbocycles. The first-order chi connectivity index (χ1) is 8.52. The normalized spacial score (nSPS) is 17.4. The molecule has 0 atom stereocenters. The van der Waals surface area contributed by atoms with Crippen molar-refractivity contribution in [2.45, 2.75) is 25.2 Å². The molecular formula is C13H14ClF3N2. The van der Waals surface area contributed by atoms with E-state index < -0.39 is 22.9 Å². The average molecular weight is 291 g/mol. The van der Waals surface area contributed by atoms with Gasteiger partial charge in [0.05, 0.1) is 11.5 Å². The van der Waals surface area contributed by atoms with E-state index in [0.29, 0.717) is 25.9 Å². The van der Waals surface area contributed by atoms with Gasteiger partial charge in [-0.25, -0.2) is 13.2 Å². The summed E-state index contributed by atoms with van der Waals surface area (Å²) in [5.74, 6) is -3.09. The summed E-state index contributed by atoms with van der Waals surface area (Å²) in [6.07, 6.45) is 0.788. The van der Waals surface area contributed by atoms with Crippen molar-refractivity contribution in [3.05, 3.63) is 34.6 Å². The summed E-state index contributed by atoms with van der Waals surface area (Å²) in [5, 5.41) is 12.4. The molecule has 2 rings (SSSR count). The van der Waals surface area contributed by atoms with Gasteiger partial charge in [-0.2, -0.15) is 5.26 Å². The van der Waals surface area contributed by atoms with Crippen LogP contribution < -0.4 is 5.32 Å². The third-order valence-corrected chi connectivity index (χ3v) is 3.56. The molecule has 0 saturated carbocycles. The standard InChI is InChI=1S/C13H13F3N2.ClH/c1-8-11(15)9(6-10(14)12(8)16)13(7-17)2-4-18-5-3-13;/h6,18H,2-5H2,1H3;1H. The van der Waals surface area contributed by atoms with E-state index >= 15 is 0 Å². The highest BCUT2D eigenvalue weighted by atomic mass is 35.5. The van der Waals surface area contributed by atoms with Gasteiger partial charge in [0.1, 0.15) is 5.82 Å². The summed E-state index contributed by atoms with van der Waals surface area (Å²) < 4.78 is 40.8. The van der Waals surface area contributed by atoms with Crippen LogP contribution in [0.1, 0.15) is 24.0 Å². The maximum Gasteiger partial charge on any atom is 0.164 e. The lowest BCUT2D eigenvalue weighted by atomic mass is 9.74. The van der Waals surface area contributed by atoms with Crippen molar-refractivity contribution in [1.82, 2.24) is 5.32 Å². The molecule has 104 valence electrons. The fourth-order valence-electron chi connectivity index (χ4n) is 2.37. The molecule has 2 nitrogen and oxygen atoms in total. The lowest BCUT2D eigenvalue weighted by Gasteiger charge is -2.32. The first-order valence-electron chi connectivity index (χ1n) is 5.78. The van der Waals surface area contributed by atoms with E-state index in [1.54, 1.807) is 0 Å². The monoisotopic (exact) mass is 290 g/mol. The van der Waals surface area contributed by atoms with Gasteiger partial charge in [0.2, 0.25) is 0 Å². The van der Waals surface area contributed by atoms with Crippen molar-refractivity contribution in [2.75, 3.05) is 13.1 Å². The molecule has 0 radical (unpaired) electrons. The van der Waals surface area contributed by atoms with E-state index in [9.17, 15) is 18.4 Å². The molecule has 1 aliphatic heterocycles. The van der Waals surface area contributed by atoms with Crippen LogP contribution in [0.4, 0.5) is 13.2 Å². The van der Waals surface area contributed by atoms with Gasteiger partial charge in [-0.1, -0.05) is 0 Å². The summed E-state index contributed by atoms with van der Waals surface area (Å²) in [4.78, 5) is 0. The van der Waals surface area contributed by atoms with Gasteiger partial charge in [0.25, 0.3) is 0 Å². The van der Waals surface area contributed by atoms with Crippen LogP contribution in [0.3, 0.4) is 0 Å². The minimum absolute atomic E-state index is 0. The number of hydrogen-bond acceptors (Lipinski definition) is 2. The van der Waals surface area contributed by atoms with Crippen LogP contribution in [-0.2, 0) is 5.41 Å². The van der Waals surface area contributed by atoms with Crippen molar-refractivity contribution in [2.24, 2.45) is 0 Å². The van der Waals surface area contributed by atoms with Gasteiger partial charge in [-0.15, -0.1) is 12.4 Å². The second-order valence-electron chi connectivity index (χ2n) is 4.60. The molecule has 1 aliphatic rings. The number of hydrogen-bond donors (Lipinski definition) is 1. The number of nitriles is 1. The van der Waals surface area contributed by atoms with Crippen LogP contribution in [0.25, 0.3) is 0 Å². The molecule has 1 saturated heterocycles. The van der Waals surface area contributed by atoms with Gasteiger partial charge >= 0.3 is 0 Å². The molecule has 1 N–H and O–H groups in total. The Hall–Kier alpha value is -1.25. The fourth-order valence-corrected chi connectivity index (χ4v) is 2.37. The van der Waals surface area contributed by atoms with Crippen LogP contribution in [0.2, 0.25) is 0 Å². The summed E-state index contributed by atoms with van der Waals surface area (Å²) in [6.45, 7) is 2.31. The van der Waals surface area contributed by atoms with E-state index in [4.69, 9.17) is 0 Å². The van der Waals surface area contributed by atoms with Crippen molar-refractivity contribution < 1.29 is 13.2 Å². The van der Waals surface area contributed by atoms with Gasteiger partial charge in [-0.3, -0.25) is 0 Å². The highest BCUT2D eigenvalue weighted by Gasteiger charge is 2.38. The number of piperidine rings is 1. The summed E-state index contributed by atoms with van der Waals surface area (Å²) >= 11 is 0. The van der Waals surface area contributed by atoms with E-state index in [-0.39, 0.29) is 23.5 Å². The Labute approximate surface area is 116 Å². The fraction of sp³-hybridized carbons (Fsp3) is 0.462. The molecule has 1 aromatic rings. The summed E-state index contributed by atoms with van der Waals surface area (Å²) in [6, 6.07) is 2.90. The van der Waals surface area contributed by atoms with E-state index in [0.717, 1.165) is 6.07 Å². The molecule has 1 fully saturated rings. The van der Waals surface area contributed by atoms with Crippen LogP contribution in [0, 0.1) is 35.7 Å². The van der Waals surface area contributed by atoms with E-state index in [1.807, 2.05) is 0 Å². The minimum Gasteiger partial charge on any atom is -0.317 e. The highest BCUT2D eigenvalue weighted by Crippen LogP contribution is 2.36. The lowest BCUT2D eigenvalue weighted by Crippen LogP contribution is -2.39. The molecule has 1 heterocycles. The van der Waals surface area contributed by atoms with E-state index in [1.165, 1.54) is 6.92 Å². The second-order valence-corrected chi connectivity index (χ2v) is 4.60. The second kappa shape index (κ2) is 5.81. The van der Waals surface area contributed by atoms with Gasteiger partial charge in [-0.05, 0) is 38.9 Å². The molecule has 0 bridgehead atoms. The largest absolute Gasteiger partial charge is 0.317 e. The van der Waals surface area contributed by atoms with Gasteiger partial charge in [0.15, 0.2) is 11.6 Å². The zero-order valence-corrected chi connectivity index (χ0v) is 11.2. The maximum absolute atomic E-state index is 14.1. The molecule has 0 aromatic heterocycles. The maximum atomic E-state index is 14.1. The molecule has 1 aromatic carbocycles. The number of nitrogens with zero attached hydrogens (tertiary/aromatic N) is 1. The van der Waals surface area contributed by atoms with Crippen LogP contribution >= 0.6 is 12.4 Å². The zero-order chi connectivity index (χ0) is 13.3. The predicted molar refractivity (Wildman–Crippen MR) is 67.7 cm³/mol. The molecule has 0 spiro atoms. The van der Waals surface area contributed by atoms with Gasteiger partial charge < -0.3 is 5.32 Å². The minimum atomic E-state index is -1.18. The van der Waals surface area contributed by atoms with Crippen LogP contribution in [0.15, 0.2) is 6.07 Å². The van der Waals surface area contributed by atoms with Crippen LogP contribution in [0.5, 0.6) is 0 Å². The van der Waals surface area contributed by atoms with Crippen molar-refractivity contribution in [3.8, 4) is 6.07 Å². The van der Waals surface area contributed by atoms with Crippen molar-refractivity contribution in [1.29, 1.82) is 5.26 Å². The molecule has 6 heteroatoms. The predicted octanol–water partition coefficient (Wildman–Crippen LogP) is 2.98. The number of halogens is 4. The first kappa shape index (κ1) is 15.8. The Morgan fingerprint density at radius 2 is 1.79 bits per heavy atom. The van der Waals surface area contributed by atoms with Crippen molar-refractivity contribution in [3.63, 3.8) is 0 Å². The zero-order valence-electron chi connectivity index (χ0n) is 10.4. The van der Waals surface area contributed by atoms with Crippen molar-refractivity contribution >= 4 is 12.4 Å². The van der Waals surface area contributed by atoms with Gasteiger partial charge in [0, 0.05) is 11.1 Å². The SMILES string of the molecule is Cc1c(F)c(F)cc(C2(C#N)CCNCC2)c1F.Cl. The Balaban J connectivity index is 0.00000180. The summed E-state index contributed by atoms with van der Waals surface area (Å²) in [5.41, 5.74) is -1.45. The molecular weight excluding hydrogens is 277 g/mol. The third-order valence-electron chi connectivity index (χ3n) is 3.56. The molecule has 0 amide bonds. The Morgan fingerprint density at radius 3 is 2.32 bits per heavy atom. The smallest absolute Gasteiger partial charge is 0.164 e. The Kier molecular flexibility index (Phi) is 4.83. The highest BCUT2D eigenvalue weighted by molar-refractivity contribution is 5.85. The number of benzene rings is 1.